The molecule has 0 aromatic rings. The van der Waals surface area contributed by atoms with E-state index in [1.54, 1.807) is 16.4 Å². The van der Waals surface area contributed by atoms with E-state index >= 15 is 0 Å². The van der Waals surface area contributed by atoms with E-state index in [1.165, 1.54) is 0 Å². The van der Waals surface area contributed by atoms with Gasteiger partial charge in [0.1, 0.15) is 11.0 Å². The van der Waals surface area contributed by atoms with Crippen molar-refractivity contribution in [2.75, 3.05) is 0 Å². The molecule has 0 fully saturated rings. The van der Waals surface area contributed by atoms with Gasteiger partial charge in [0, 0.05) is 6.92 Å². The average molecular weight is 394 g/mol. The largest absolute Gasteiger partial charge is 2.00 e. The van der Waals surface area contributed by atoms with Gasteiger partial charge in [-0.3, -0.25) is 0 Å². The number of hydrogen-bond acceptors (Lipinski definition) is 0. The first kappa shape index (κ1) is 42.9. The Bertz CT molecular complexity index is 271. The Kier molecular flexibility index (Phi) is 39.6. The number of hydrogen-bond donors (Lipinski definition) is 0. The van der Waals surface area contributed by atoms with Gasteiger partial charge in [-0.05, 0) is 42.9 Å². The molecule has 0 saturated carbocycles. The topological polar surface area (TPSA) is 23.8 Å². The van der Waals surface area contributed by atoms with Crippen molar-refractivity contribution < 1.29 is 46.5 Å². The van der Waals surface area contributed by atoms with Crippen LogP contribution in [0.3, 0.4) is 0 Å². The minimum atomic E-state index is -0.250. The Hall–Kier alpha value is 1.38. The molecule has 0 saturated heterocycles. The third kappa shape index (κ3) is 21.7. The molecule has 6 heteroatoms. The maximum Gasteiger partial charge on any atom is 2.00 e. The van der Waals surface area contributed by atoms with Crippen molar-refractivity contribution in [3.8, 4) is 0 Å². The molecule has 1 aliphatic rings. The monoisotopic (exact) mass is 393 g/mol. The molecule has 0 radical (unpaired) electrons. The summed E-state index contributed by atoms with van der Waals surface area (Å²) in [7, 11) is 1.06. The standard InChI is InChI=1S/C8H13P.C4H10N.2CH3.2ClH.H4Si.Ti/c1-5-6(2)8(4)9-7(5)3;1-4(2,3)5;;;;;;/h7H,1-4H3;5H,1-3H3;2*1H3;2*1H;1H4;/q;3*-1;;;;+2/p-1. The molecule has 1 nitrogen and oxygen atoms in total. The molecule has 2 unspecified atom stereocenters. The number of allylic oxidation sites excluding steroid dienone is 2. The molecule has 0 amide bonds. The molecule has 0 bridgehead atoms. The third-order valence-corrected chi connectivity index (χ3v) is 3.91. The van der Waals surface area contributed by atoms with Crippen molar-refractivity contribution in [3.63, 3.8) is 0 Å². The summed E-state index contributed by atoms with van der Waals surface area (Å²) in [5, 5.41) is 1.61. The summed E-state index contributed by atoms with van der Waals surface area (Å²) in [6.07, 6.45) is 0. The van der Waals surface area contributed by atoms with E-state index in [0.29, 0.717) is 0 Å². The molecule has 1 heterocycles. The third-order valence-electron chi connectivity index (χ3n) is 2.24. The second kappa shape index (κ2) is 18.4. The fraction of sp³-hybridized carbons (Fsp3) is 0.643. The molecule has 1 aliphatic heterocycles. The van der Waals surface area contributed by atoms with E-state index < -0.39 is 0 Å². The van der Waals surface area contributed by atoms with Crippen molar-refractivity contribution in [3.05, 3.63) is 31.7 Å². The molecule has 0 aromatic heterocycles. The molecule has 124 valence electrons. The van der Waals surface area contributed by atoms with Crippen molar-refractivity contribution in [1.29, 1.82) is 0 Å². The van der Waals surface area contributed by atoms with Gasteiger partial charge in [-0.25, -0.2) is 0 Å². The van der Waals surface area contributed by atoms with Crippen LogP contribution in [0.2, 0.25) is 0 Å². The van der Waals surface area contributed by atoms with Gasteiger partial charge in [-0.15, -0.1) is 5.54 Å². The minimum Gasteiger partial charge on any atom is -1.00 e. The van der Waals surface area contributed by atoms with E-state index in [0.717, 1.165) is 13.9 Å². The summed E-state index contributed by atoms with van der Waals surface area (Å²) in [5.41, 5.74) is 10.7. The maximum absolute atomic E-state index is 6.94. The van der Waals surface area contributed by atoms with Crippen LogP contribution in [-0.4, -0.2) is 27.5 Å². The Labute approximate surface area is 161 Å². The maximum atomic E-state index is 6.94. The molecule has 0 spiro atoms. The van der Waals surface area contributed by atoms with Crippen molar-refractivity contribution in [2.24, 2.45) is 0 Å². The first-order valence-corrected chi connectivity index (χ1v) is 6.23. The average Bonchev–Trinajstić information content (AvgIpc) is 2.14. The summed E-state index contributed by atoms with van der Waals surface area (Å²) >= 11 is 0. The van der Waals surface area contributed by atoms with Crippen LogP contribution >= 0.6 is 8.20 Å². The van der Waals surface area contributed by atoms with Gasteiger partial charge < -0.3 is 45.4 Å². The van der Waals surface area contributed by atoms with Gasteiger partial charge in [-0.1, -0.05) is 20.8 Å². The van der Waals surface area contributed by atoms with Gasteiger partial charge in [0.2, 0.25) is 0 Å². The Morgan fingerprint density at radius 1 is 1.00 bits per heavy atom. The first-order valence-electron chi connectivity index (χ1n) is 5.15. The fourth-order valence-corrected chi connectivity index (χ4v) is 2.66. The second-order valence-corrected chi connectivity index (χ2v) is 6.95. The van der Waals surface area contributed by atoms with Gasteiger partial charge in [0.25, 0.3) is 0 Å². The second-order valence-electron chi connectivity index (χ2n) is 5.05. The summed E-state index contributed by atoms with van der Waals surface area (Å²) in [6, 6.07) is 0. The van der Waals surface area contributed by atoms with Crippen LogP contribution in [0.15, 0.2) is 11.1 Å². The zero-order valence-corrected chi connectivity index (χ0v) is 17.9. The van der Waals surface area contributed by atoms with Crippen molar-refractivity contribution in [1.82, 2.24) is 0 Å². The van der Waals surface area contributed by atoms with Gasteiger partial charge >= 0.3 is 21.7 Å². The van der Waals surface area contributed by atoms with Crippen LogP contribution in [0.1, 0.15) is 48.5 Å². The van der Waals surface area contributed by atoms with Crippen LogP contribution < -0.4 is 24.8 Å². The Balaban J connectivity index is -0.0000000282. The van der Waals surface area contributed by atoms with Gasteiger partial charge in [0.15, 0.2) is 0 Å². The zero-order chi connectivity index (χ0) is 11.5. The van der Waals surface area contributed by atoms with E-state index in [2.05, 4.69) is 27.7 Å². The molecule has 2 atom stereocenters. The van der Waals surface area contributed by atoms with Crippen molar-refractivity contribution >= 4 is 24.5 Å². The SMILES string of the molecule is CC(C)(C)[NH-].CC1=[PH+]C(C)C(C)=C1C.[CH3-].[CH3-].[Cl-].[Cl-].[SiH4].[Ti+2]. The summed E-state index contributed by atoms with van der Waals surface area (Å²) < 4.78 is 0. The molecular formula is C14H34Cl2NPSiTi-2. The predicted octanol–water partition coefficient (Wildman–Crippen LogP) is -2.11. The van der Waals surface area contributed by atoms with Crippen LogP contribution in [0.25, 0.3) is 5.73 Å². The normalized spacial score (nSPS) is 16.0. The number of rotatable bonds is 0. The van der Waals surface area contributed by atoms with Gasteiger partial charge in [-0.2, -0.15) is 0 Å². The molecule has 0 aliphatic carbocycles. The summed E-state index contributed by atoms with van der Waals surface area (Å²) in [5.74, 6) is 0. The minimum absolute atomic E-state index is 0. The summed E-state index contributed by atoms with van der Waals surface area (Å²) in [4.78, 5) is 0. The van der Waals surface area contributed by atoms with Gasteiger partial charge in [0.05, 0.1) is 8.20 Å². The fourth-order valence-electron chi connectivity index (χ4n) is 1.16. The molecule has 20 heavy (non-hydrogen) atoms. The van der Waals surface area contributed by atoms with Crippen molar-refractivity contribution in [2.45, 2.75) is 59.7 Å². The molecule has 0 aromatic carbocycles. The smallest absolute Gasteiger partial charge is 1.00 e. The first-order chi connectivity index (χ1) is 6.13. The van der Waals surface area contributed by atoms with E-state index in [4.69, 9.17) is 5.73 Å². The van der Waals surface area contributed by atoms with E-state index in [1.807, 2.05) is 20.8 Å². The van der Waals surface area contributed by atoms with Crippen LogP contribution in [0.4, 0.5) is 0 Å². The molecule has 1 N–H and O–H groups in total. The predicted molar refractivity (Wildman–Crippen MR) is 95.1 cm³/mol. The van der Waals surface area contributed by atoms with E-state index in [-0.39, 0.29) is 77.9 Å². The Morgan fingerprint density at radius 3 is 1.30 bits per heavy atom. The van der Waals surface area contributed by atoms with E-state index in [9.17, 15) is 0 Å². The number of nitrogens with one attached hydrogen (secondary N) is 1. The molecule has 1 rings (SSSR count). The molecular weight excluding hydrogens is 360 g/mol. The zero-order valence-electron chi connectivity index (χ0n) is 13.8. The van der Waals surface area contributed by atoms with Crippen LogP contribution in [-0.2, 0) is 21.7 Å². The quantitative estimate of drug-likeness (QED) is 0.255. The Morgan fingerprint density at radius 2 is 1.25 bits per heavy atom. The van der Waals surface area contributed by atoms with Crippen LogP contribution in [0, 0.1) is 14.9 Å². The number of halogens is 2. The summed E-state index contributed by atoms with van der Waals surface area (Å²) in [6.45, 7) is 14.6. The van der Waals surface area contributed by atoms with Crippen LogP contribution in [0.5, 0.6) is 0 Å².